The van der Waals surface area contributed by atoms with Gasteiger partial charge in [-0.15, -0.1) is 0 Å². The molecule has 3 aliphatic rings. The van der Waals surface area contributed by atoms with Crippen LogP contribution in [0.25, 0.3) is 0 Å². The number of para-hydroxylation sites is 1. The van der Waals surface area contributed by atoms with Crippen LogP contribution < -0.4 is 10.2 Å². The maximum atomic E-state index is 13.0. The smallest absolute Gasteiger partial charge is 0.317 e. The number of rotatable bonds is 3. The first-order valence-electron chi connectivity index (χ1n) is 9.95. The molecule has 1 saturated carbocycles. The molecular formula is C20H27ClN4O2. The molecule has 0 spiro atoms. The zero-order valence-electron chi connectivity index (χ0n) is 15.6. The Balaban J connectivity index is 1.31. The SMILES string of the molecule is O=C(NC1CC1)N1CCCC(C(=O)N2CCN(c3ccccc3Cl)CC2)C1. The molecule has 2 aliphatic heterocycles. The summed E-state index contributed by atoms with van der Waals surface area (Å²) in [6.07, 6.45) is 3.93. The Morgan fingerprint density at radius 3 is 2.41 bits per heavy atom. The first-order chi connectivity index (χ1) is 13.1. The molecule has 1 aliphatic carbocycles. The molecule has 2 saturated heterocycles. The van der Waals surface area contributed by atoms with Gasteiger partial charge in [0.05, 0.1) is 16.6 Å². The third-order valence-electron chi connectivity index (χ3n) is 5.75. The van der Waals surface area contributed by atoms with Crippen molar-refractivity contribution in [1.29, 1.82) is 0 Å². The van der Waals surface area contributed by atoms with E-state index in [0.29, 0.717) is 25.7 Å². The number of piperazine rings is 1. The van der Waals surface area contributed by atoms with Crippen molar-refractivity contribution < 1.29 is 9.59 Å². The highest BCUT2D eigenvalue weighted by molar-refractivity contribution is 6.33. The van der Waals surface area contributed by atoms with Gasteiger partial charge in [-0.25, -0.2) is 4.79 Å². The van der Waals surface area contributed by atoms with Crippen LogP contribution in [-0.4, -0.2) is 67.0 Å². The summed E-state index contributed by atoms with van der Waals surface area (Å²) in [5.41, 5.74) is 1.03. The van der Waals surface area contributed by atoms with Gasteiger partial charge in [-0.1, -0.05) is 23.7 Å². The molecule has 1 N–H and O–H groups in total. The van der Waals surface area contributed by atoms with E-state index in [1.54, 1.807) is 0 Å². The molecule has 0 radical (unpaired) electrons. The van der Waals surface area contributed by atoms with Crippen molar-refractivity contribution >= 4 is 29.2 Å². The Kier molecular flexibility index (Phi) is 5.43. The molecule has 27 heavy (non-hydrogen) atoms. The Morgan fingerprint density at radius 2 is 1.70 bits per heavy atom. The second kappa shape index (κ2) is 7.97. The quantitative estimate of drug-likeness (QED) is 0.863. The minimum absolute atomic E-state index is 0.00135. The molecule has 2 heterocycles. The number of benzene rings is 1. The van der Waals surface area contributed by atoms with E-state index in [2.05, 4.69) is 10.2 Å². The number of urea groups is 1. The van der Waals surface area contributed by atoms with Crippen LogP contribution in [0.4, 0.5) is 10.5 Å². The number of piperidine rings is 1. The lowest BCUT2D eigenvalue weighted by atomic mass is 9.96. The summed E-state index contributed by atoms with van der Waals surface area (Å²) in [7, 11) is 0. The zero-order valence-corrected chi connectivity index (χ0v) is 16.3. The molecule has 146 valence electrons. The highest BCUT2D eigenvalue weighted by atomic mass is 35.5. The molecule has 3 amide bonds. The van der Waals surface area contributed by atoms with Crippen molar-refractivity contribution in [3.8, 4) is 0 Å². The molecule has 0 bridgehead atoms. The highest BCUT2D eigenvalue weighted by Gasteiger charge is 2.34. The number of anilines is 1. The lowest BCUT2D eigenvalue weighted by Gasteiger charge is -2.40. The van der Waals surface area contributed by atoms with E-state index >= 15 is 0 Å². The Bertz CT molecular complexity index is 701. The maximum Gasteiger partial charge on any atom is 0.317 e. The number of likely N-dealkylation sites (tertiary alicyclic amines) is 1. The van der Waals surface area contributed by atoms with Crippen molar-refractivity contribution in [2.24, 2.45) is 5.92 Å². The summed E-state index contributed by atoms with van der Waals surface area (Å²) in [5, 5.41) is 3.79. The van der Waals surface area contributed by atoms with Gasteiger partial charge in [0, 0.05) is 45.3 Å². The predicted octanol–water partition coefficient (Wildman–Crippen LogP) is 2.57. The monoisotopic (exact) mass is 390 g/mol. The summed E-state index contributed by atoms with van der Waals surface area (Å²) in [6.45, 7) is 4.27. The summed E-state index contributed by atoms with van der Waals surface area (Å²) < 4.78 is 0. The molecule has 1 aromatic carbocycles. The molecule has 6 nitrogen and oxygen atoms in total. The number of nitrogens with one attached hydrogen (secondary N) is 1. The Hall–Kier alpha value is -1.95. The van der Waals surface area contributed by atoms with E-state index in [-0.39, 0.29) is 17.9 Å². The molecule has 1 aromatic rings. The van der Waals surface area contributed by atoms with Gasteiger partial charge in [-0.3, -0.25) is 4.79 Å². The normalized spacial score (nSPS) is 23.3. The number of carbonyl (C=O) groups is 2. The molecule has 4 rings (SSSR count). The summed E-state index contributed by atoms with van der Waals surface area (Å²) in [5.74, 6) is 0.119. The molecule has 3 fully saturated rings. The fourth-order valence-corrected chi connectivity index (χ4v) is 4.25. The first-order valence-corrected chi connectivity index (χ1v) is 10.3. The second-order valence-electron chi connectivity index (χ2n) is 7.77. The van der Waals surface area contributed by atoms with Crippen LogP contribution in [0, 0.1) is 5.92 Å². The van der Waals surface area contributed by atoms with Gasteiger partial charge in [0.25, 0.3) is 0 Å². The largest absolute Gasteiger partial charge is 0.367 e. The summed E-state index contributed by atoms with van der Waals surface area (Å²) >= 11 is 6.30. The van der Waals surface area contributed by atoms with Crippen LogP contribution in [-0.2, 0) is 4.79 Å². The maximum absolute atomic E-state index is 13.0. The lowest BCUT2D eigenvalue weighted by Crippen LogP contribution is -2.54. The van der Waals surface area contributed by atoms with Crippen LogP contribution in [0.1, 0.15) is 25.7 Å². The minimum Gasteiger partial charge on any atom is -0.367 e. The Morgan fingerprint density at radius 1 is 0.963 bits per heavy atom. The van der Waals surface area contributed by atoms with Gasteiger partial charge in [0.2, 0.25) is 5.91 Å². The van der Waals surface area contributed by atoms with Crippen LogP contribution in [0.15, 0.2) is 24.3 Å². The summed E-state index contributed by atoms with van der Waals surface area (Å²) in [4.78, 5) is 31.3. The van der Waals surface area contributed by atoms with Gasteiger partial charge in [0.15, 0.2) is 0 Å². The van der Waals surface area contributed by atoms with Crippen LogP contribution in [0.2, 0.25) is 5.02 Å². The number of amides is 3. The minimum atomic E-state index is -0.0735. The zero-order chi connectivity index (χ0) is 18.8. The molecular weight excluding hydrogens is 364 g/mol. The van der Waals surface area contributed by atoms with Crippen molar-refractivity contribution in [3.05, 3.63) is 29.3 Å². The van der Waals surface area contributed by atoms with E-state index in [0.717, 1.165) is 56.0 Å². The standard InChI is InChI=1S/C20H27ClN4O2/c21-17-5-1-2-6-18(17)23-10-12-24(13-11-23)19(26)15-4-3-9-25(14-15)20(27)22-16-7-8-16/h1-2,5-6,15-16H,3-4,7-14H2,(H,22,27). The fourth-order valence-electron chi connectivity index (χ4n) is 3.99. The van der Waals surface area contributed by atoms with Gasteiger partial charge in [0.1, 0.15) is 0 Å². The van der Waals surface area contributed by atoms with Crippen LogP contribution in [0.5, 0.6) is 0 Å². The second-order valence-corrected chi connectivity index (χ2v) is 8.18. The van der Waals surface area contributed by atoms with Crippen LogP contribution in [0.3, 0.4) is 0 Å². The number of nitrogens with zero attached hydrogens (tertiary/aromatic N) is 3. The number of carbonyl (C=O) groups excluding carboxylic acids is 2. The third kappa shape index (κ3) is 4.32. The topological polar surface area (TPSA) is 55.9 Å². The lowest BCUT2D eigenvalue weighted by molar-refractivity contribution is -0.137. The van der Waals surface area contributed by atoms with Crippen molar-refractivity contribution in [2.45, 2.75) is 31.7 Å². The number of hydrogen-bond donors (Lipinski definition) is 1. The Labute approximate surface area is 165 Å². The van der Waals surface area contributed by atoms with Gasteiger partial charge in [-0.2, -0.15) is 0 Å². The molecule has 7 heteroatoms. The van der Waals surface area contributed by atoms with Gasteiger partial charge < -0.3 is 20.0 Å². The van der Waals surface area contributed by atoms with Crippen molar-refractivity contribution in [1.82, 2.24) is 15.1 Å². The van der Waals surface area contributed by atoms with E-state index in [9.17, 15) is 9.59 Å². The van der Waals surface area contributed by atoms with Crippen molar-refractivity contribution in [3.63, 3.8) is 0 Å². The highest BCUT2D eigenvalue weighted by Crippen LogP contribution is 2.27. The van der Waals surface area contributed by atoms with E-state index in [1.165, 1.54) is 0 Å². The molecule has 0 aromatic heterocycles. The average Bonchev–Trinajstić information content (AvgIpc) is 3.52. The van der Waals surface area contributed by atoms with Crippen molar-refractivity contribution in [2.75, 3.05) is 44.2 Å². The summed E-state index contributed by atoms with van der Waals surface area (Å²) in [6, 6.07) is 8.20. The average molecular weight is 391 g/mol. The predicted molar refractivity (Wildman–Crippen MR) is 106 cm³/mol. The molecule has 1 atom stereocenters. The number of halogens is 1. The van der Waals surface area contributed by atoms with Crippen LogP contribution >= 0.6 is 11.6 Å². The molecule has 1 unspecified atom stereocenters. The van der Waals surface area contributed by atoms with E-state index < -0.39 is 0 Å². The third-order valence-corrected chi connectivity index (χ3v) is 6.07. The van der Waals surface area contributed by atoms with E-state index in [4.69, 9.17) is 11.6 Å². The number of hydrogen-bond acceptors (Lipinski definition) is 3. The van der Waals surface area contributed by atoms with E-state index in [1.807, 2.05) is 34.1 Å². The first kappa shape index (κ1) is 18.4. The van der Waals surface area contributed by atoms with Gasteiger partial charge in [-0.05, 0) is 37.8 Å². The van der Waals surface area contributed by atoms with Gasteiger partial charge >= 0.3 is 6.03 Å². The fraction of sp³-hybridized carbons (Fsp3) is 0.600.